The molecule has 3 aromatic rings. The van der Waals surface area contributed by atoms with Crippen molar-refractivity contribution in [3.63, 3.8) is 0 Å². The van der Waals surface area contributed by atoms with Crippen molar-refractivity contribution in [3.8, 4) is 11.3 Å². The molecule has 2 heterocycles. The Kier molecular flexibility index (Phi) is 5.62. The lowest BCUT2D eigenvalue weighted by Crippen LogP contribution is -2.07. The second-order valence-corrected chi connectivity index (χ2v) is 7.30. The SMILES string of the molecule is CCSc1nnc(NC(=O)/C=C/c2ccc(-c3ccccc3F)o2)s1. The minimum atomic E-state index is -0.359. The van der Waals surface area contributed by atoms with E-state index in [0.29, 0.717) is 22.2 Å². The van der Waals surface area contributed by atoms with Crippen LogP contribution in [0.15, 0.2) is 51.2 Å². The third kappa shape index (κ3) is 4.55. The first kappa shape index (κ1) is 17.4. The van der Waals surface area contributed by atoms with Crippen LogP contribution in [0.5, 0.6) is 0 Å². The molecule has 5 nitrogen and oxygen atoms in total. The molecule has 0 bridgehead atoms. The summed E-state index contributed by atoms with van der Waals surface area (Å²) in [6.07, 6.45) is 2.85. The highest BCUT2D eigenvalue weighted by atomic mass is 32.2. The number of anilines is 1. The average Bonchev–Trinajstić information content (AvgIpc) is 3.23. The van der Waals surface area contributed by atoms with Crippen LogP contribution in [0.1, 0.15) is 12.7 Å². The zero-order valence-electron chi connectivity index (χ0n) is 13.2. The van der Waals surface area contributed by atoms with Gasteiger partial charge in [0.05, 0.1) is 5.56 Å². The van der Waals surface area contributed by atoms with Gasteiger partial charge in [-0.3, -0.25) is 10.1 Å². The van der Waals surface area contributed by atoms with Gasteiger partial charge in [0.1, 0.15) is 17.3 Å². The molecule has 0 aliphatic carbocycles. The Balaban J connectivity index is 1.64. The molecule has 0 atom stereocenters. The molecule has 128 valence electrons. The summed E-state index contributed by atoms with van der Waals surface area (Å²) in [7, 11) is 0. The number of carbonyl (C=O) groups is 1. The van der Waals surface area contributed by atoms with Crippen LogP contribution in [0.2, 0.25) is 0 Å². The summed E-state index contributed by atoms with van der Waals surface area (Å²) >= 11 is 2.89. The first-order valence-electron chi connectivity index (χ1n) is 7.46. The van der Waals surface area contributed by atoms with E-state index in [-0.39, 0.29) is 11.7 Å². The number of rotatable bonds is 6. The fraction of sp³-hybridized carbons (Fsp3) is 0.118. The van der Waals surface area contributed by atoms with Gasteiger partial charge in [-0.1, -0.05) is 42.2 Å². The van der Waals surface area contributed by atoms with Crippen LogP contribution in [-0.4, -0.2) is 21.9 Å². The van der Waals surface area contributed by atoms with Crippen molar-refractivity contribution < 1.29 is 13.6 Å². The monoisotopic (exact) mass is 375 g/mol. The summed E-state index contributed by atoms with van der Waals surface area (Å²) < 4.78 is 20.1. The number of halogens is 1. The van der Waals surface area contributed by atoms with E-state index in [0.717, 1.165) is 10.1 Å². The van der Waals surface area contributed by atoms with Gasteiger partial charge in [0, 0.05) is 6.08 Å². The average molecular weight is 375 g/mol. The van der Waals surface area contributed by atoms with Crippen molar-refractivity contribution in [1.29, 1.82) is 0 Å². The number of nitrogens with zero attached hydrogens (tertiary/aromatic N) is 2. The molecule has 1 amide bonds. The van der Waals surface area contributed by atoms with Gasteiger partial charge in [-0.15, -0.1) is 10.2 Å². The maximum Gasteiger partial charge on any atom is 0.250 e. The number of hydrogen-bond acceptors (Lipinski definition) is 6. The molecule has 0 fully saturated rings. The van der Waals surface area contributed by atoms with E-state index >= 15 is 0 Å². The summed E-state index contributed by atoms with van der Waals surface area (Å²) in [5, 5.41) is 10.9. The van der Waals surface area contributed by atoms with Crippen LogP contribution in [0.25, 0.3) is 17.4 Å². The standard InChI is InChI=1S/C17H14FN3O2S2/c1-2-24-17-21-20-16(25-17)19-15(22)10-8-11-7-9-14(23-11)12-5-3-4-6-13(12)18/h3-10H,2H2,1H3,(H,19,20,22)/b10-8+. The molecule has 0 aliphatic heterocycles. The van der Waals surface area contributed by atoms with E-state index in [9.17, 15) is 9.18 Å². The topological polar surface area (TPSA) is 68.0 Å². The Morgan fingerprint density at radius 1 is 1.32 bits per heavy atom. The first-order valence-corrected chi connectivity index (χ1v) is 9.26. The third-order valence-electron chi connectivity index (χ3n) is 3.07. The highest BCUT2D eigenvalue weighted by Crippen LogP contribution is 2.26. The Morgan fingerprint density at radius 3 is 2.96 bits per heavy atom. The van der Waals surface area contributed by atoms with Gasteiger partial charge >= 0.3 is 0 Å². The summed E-state index contributed by atoms with van der Waals surface area (Å²) in [5.41, 5.74) is 0.376. The van der Waals surface area contributed by atoms with Crippen LogP contribution in [0, 0.1) is 5.82 Å². The number of furan rings is 1. The van der Waals surface area contributed by atoms with E-state index in [1.165, 1.54) is 29.6 Å². The molecule has 1 aromatic carbocycles. The van der Waals surface area contributed by atoms with Crippen LogP contribution < -0.4 is 5.32 Å². The Hall–Kier alpha value is -2.45. The number of carbonyl (C=O) groups excluding carboxylic acids is 1. The van der Waals surface area contributed by atoms with Crippen molar-refractivity contribution in [1.82, 2.24) is 10.2 Å². The zero-order chi connectivity index (χ0) is 17.6. The predicted molar refractivity (Wildman–Crippen MR) is 98.1 cm³/mol. The summed E-state index contributed by atoms with van der Waals surface area (Å²) in [6, 6.07) is 9.69. The molecule has 0 unspecified atom stereocenters. The zero-order valence-corrected chi connectivity index (χ0v) is 14.9. The van der Waals surface area contributed by atoms with E-state index in [2.05, 4.69) is 15.5 Å². The molecule has 0 radical (unpaired) electrons. The predicted octanol–water partition coefficient (Wildman–Crippen LogP) is 4.70. The molecule has 3 rings (SSSR count). The lowest BCUT2D eigenvalue weighted by Gasteiger charge is -1.97. The molecule has 25 heavy (non-hydrogen) atoms. The molecule has 0 aliphatic rings. The molecular formula is C17H14FN3O2S2. The van der Waals surface area contributed by atoms with Crippen molar-refractivity contribution >= 4 is 40.2 Å². The van der Waals surface area contributed by atoms with E-state index in [4.69, 9.17) is 4.42 Å². The minimum absolute atomic E-state index is 0.340. The number of hydrogen-bond donors (Lipinski definition) is 1. The summed E-state index contributed by atoms with van der Waals surface area (Å²) in [4.78, 5) is 11.9. The Morgan fingerprint density at radius 2 is 2.16 bits per heavy atom. The van der Waals surface area contributed by atoms with Crippen molar-refractivity contribution in [2.24, 2.45) is 0 Å². The molecule has 0 saturated heterocycles. The largest absolute Gasteiger partial charge is 0.457 e. The van der Waals surface area contributed by atoms with Crippen molar-refractivity contribution in [2.45, 2.75) is 11.3 Å². The normalized spacial score (nSPS) is 11.1. The quantitative estimate of drug-likeness (QED) is 0.384. The number of aromatic nitrogens is 2. The Labute approximate surface area is 152 Å². The summed E-state index contributed by atoms with van der Waals surface area (Å²) in [5.74, 6) is 1.05. The molecule has 1 N–H and O–H groups in total. The molecule has 0 spiro atoms. The van der Waals surface area contributed by atoms with Crippen LogP contribution >= 0.6 is 23.1 Å². The lowest BCUT2D eigenvalue weighted by molar-refractivity contribution is -0.111. The molecule has 8 heteroatoms. The number of amides is 1. The smallest absolute Gasteiger partial charge is 0.250 e. The van der Waals surface area contributed by atoms with Gasteiger partial charge in [0.2, 0.25) is 11.0 Å². The highest BCUT2D eigenvalue weighted by Gasteiger charge is 2.09. The Bertz CT molecular complexity index is 905. The van der Waals surface area contributed by atoms with E-state index in [1.807, 2.05) is 6.92 Å². The molecule has 0 saturated carbocycles. The van der Waals surface area contributed by atoms with Gasteiger partial charge in [-0.05, 0) is 36.1 Å². The van der Waals surface area contributed by atoms with Crippen LogP contribution in [0.3, 0.4) is 0 Å². The number of thioether (sulfide) groups is 1. The second-order valence-electron chi connectivity index (χ2n) is 4.81. The van der Waals surface area contributed by atoms with Crippen LogP contribution in [-0.2, 0) is 4.79 Å². The lowest BCUT2D eigenvalue weighted by atomic mass is 10.1. The van der Waals surface area contributed by atoms with Gasteiger partial charge in [0.25, 0.3) is 0 Å². The second kappa shape index (κ2) is 8.09. The fourth-order valence-corrected chi connectivity index (χ4v) is 3.65. The number of benzene rings is 1. The van der Waals surface area contributed by atoms with Gasteiger partial charge in [-0.2, -0.15) is 0 Å². The summed E-state index contributed by atoms with van der Waals surface area (Å²) in [6.45, 7) is 2.02. The molecule has 2 aromatic heterocycles. The van der Waals surface area contributed by atoms with Crippen LogP contribution in [0.4, 0.5) is 9.52 Å². The van der Waals surface area contributed by atoms with E-state index < -0.39 is 0 Å². The van der Waals surface area contributed by atoms with Gasteiger partial charge in [0.15, 0.2) is 4.34 Å². The van der Waals surface area contributed by atoms with E-state index in [1.54, 1.807) is 42.1 Å². The highest BCUT2D eigenvalue weighted by molar-refractivity contribution is 8.01. The minimum Gasteiger partial charge on any atom is -0.457 e. The molecular weight excluding hydrogens is 361 g/mol. The maximum atomic E-state index is 13.7. The first-order chi connectivity index (χ1) is 12.2. The maximum absolute atomic E-state index is 13.7. The third-order valence-corrected chi connectivity index (χ3v) is 4.92. The fourth-order valence-electron chi connectivity index (χ4n) is 2.00. The van der Waals surface area contributed by atoms with Crippen molar-refractivity contribution in [3.05, 3.63) is 54.1 Å². The number of nitrogens with one attached hydrogen (secondary N) is 1. The van der Waals surface area contributed by atoms with Gasteiger partial charge in [-0.25, -0.2) is 4.39 Å². The van der Waals surface area contributed by atoms with Gasteiger partial charge < -0.3 is 4.42 Å². The van der Waals surface area contributed by atoms with Crippen molar-refractivity contribution in [2.75, 3.05) is 11.1 Å².